The van der Waals surface area contributed by atoms with E-state index in [-0.39, 0.29) is 12.0 Å². The minimum Gasteiger partial charge on any atom is -0.380 e. The molecule has 1 heterocycles. The molecule has 0 radical (unpaired) electrons. The van der Waals surface area contributed by atoms with Crippen LogP contribution in [-0.2, 0) is 4.74 Å². The number of likely N-dealkylation sites (tertiary alicyclic amines) is 1. The number of thioether (sulfide) groups is 1. The Bertz CT molecular complexity index is 408. The van der Waals surface area contributed by atoms with Crippen molar-refractivity contribution in [2.45, 2.75) is 17.4 Å². The highest BCUT2D eigenvalue weighted by molar-refractivity contribution is 7.98. The van der Waals surface area contributed by atoms with Crippen molar-refractivity contribution in [3.05, 3.63) is 29.8 Å². The maximum atomic E-state index is 12.3. The van der Waals surface area contributed by atoms with Gasteiger partial charge in [-0.25, -0.2) is 0 Å². The van der Waals surface area contributed by atoms with Gasteiger partial charge in [-0.1, -0.05) is 12.1 Å². The maximum absolute atomic E-state index is 12.3. The molecule has 0 bridgehead atoms. The van der Waals surface area contributed by atoms with Crippen LogP contribution in [0.25, 0.3) is 0 Å². The fourth-order valence-electron chi connectivity index (χ4n) is 2.10. The first kappa shape index (κ1) is 12.5. The molecule has 1 amide bonds. The molecule has 1 fully saturated rings. The van der Waals surface area contributed by atoms with E-state index in [2.05, 4.69) is 0 Å². The second-order valence-corrected chi connectivity index (χ2v) is 4.95. The molecule has 3 nitrogen and oxygen atoms in total. The van der Waals surface area contributed by atoms with E-state index in [9.17, 15) is 4.79 Å². The molecule has 1 aromatic carbocycles. The zero-order valence-corrected chi connectivity index (χ0v) is 11.0. The zero-order chi connectivity index (χ0) is 12.3. The summed E-state index contributed by atoms with van der Waals surface area (Å²) in [6, 6.07) is 7.76. The van der Waals surface area contributed by atoms with Gasteiger partial charge in [-0.15, -0.1) is 11.8 Å². The third-order valence-electron chi connectivity index (χ3n) is 3.10. The molecule has 0 saturated carbocycles. The Balaban J connectivity index is 2.15. The number of amides is 1. The second-order valence-electron chi connectivity index (χ2n) is 4.10. The summed E-state index contributed by atoms with van der Waals surface area (Å²) in [5.41, 5.74) is 0.803. The van der Waals surface area contributed by atoms with Crippen LogP contribution in [-0.4, -0.2) is 43.4 Å². The summed E-state index contributed by atoms with van der Waals surface area (Å²) >= 11 is 1.61. The Morgan fingerprint density at radius 1 is 1.47 bits per heavy atom. The zero-order valence-electron chi connectivity index (χ0n) is 10.2. The molecule has 92 valence electrons. The predicted octanol–water partition coefficient (Wildman–Crippen LogP) is 2.27. The van der Waals surface area contributed by atoms with Crippen molar-refractivity contribution in [2.24, 2.45) is 0 Å². The fraction of sp³-hybridized carbons (Fsp3) is 0.462. The number of ether oxygens (including phenoxy) is 1. The summed E-state index contributed by atoms with van der Waals surface area (Å²) in [7, 11) is 1.70. The smallest absolute Gasteiger partial charge is 0.255 e. The lowest BCUT2D eigenvalue weighted by Gasteiger charge is -2.17. The normalized spacial score (nSPS) is 19.6. The molecule has 4 heteroatoms. The Labute approximate surface area is 106 Å². The highest BCUT2D eigenvalue weighted by Crippen LogP contribution is 2.23. The average molecular weight is 251 g/mol. The second kappa shape index (κ2) is 5.56. The summed E-state index contributed by atoms with van der Waals surface area (Å²) in [5.74, 6) is 0.120. The Morgan fingerprint density at radius 3 is 2.88 bits per heavy atom. The van der Waals surface area contributed by atoms with Crippen LogP contribution >= 0.6 is 11.8 Å². The molecule has 0 unspecified atom stereocenters. The largest absolute Gasteiger partial charge is 0.380 e. The van der Waals surface area contributed by atoms with Crippen LogP contribution in [0.3, 0.4) is 0 Å². The van der Waals surface area contributed by atoms with Gasteiger partial charge < -0.3 is 9.64 Å². The average Bonchev–Trinajstić information content (AvgIpc) is 2.86. The van der Waals surface area contributed by atoms with Gasteiger partial charge in [0.1, 0.15) is 0 Å². The monoisotopic (exact) mass is 251 g/mol. The molecule has 2 rings (SSSR count). The van der Waals surface area contributed by atoms with Crippen molar-refractivity contribution in [1.29, 1.82) is 0 Å². The van der Waals surface area contributed by atoms with Gasteiger partial charge in [-0.2, -0.15) is 0 Å². The van der Waals surface area contributed by atoms with Crippen molar-refractivity contribution in [3.63, 3.8) is 0 Å². The first-order chi connectivity index (χ1) is 8.26. The van der Waals surface area contributed by atoms with Crippen LogP contribution in [0.15, 0.2) is 29.2 Å². The van der Waals surface area contributed by atoms with Gasteiger partial charge in [0.15, 0.2) is 0 Å². The van der Waals surface area contributed by atoms with Gasteiger partial charge in [0.2, 0.25) is 0 Å². The van der Waals surface area contributed by atoms with E-state index in [4.69, 9.17) is 4.74 Å². The Morgan fingerprint density at radius 2 is 2.24 bits per heavy atom. The molecule has 1 saturated heterocycles. The van der Waals surface area contributed by atoms with E-state index in [1.54, 1.807) is 18.9 Å². The van der Waals surface area contributed by atoms with Crippen molar-refractivity contribution in [2.75, 3.05) is 26.5 Å². The molecular formula is C13H17NO2S. The predicted molar refractivity (Wildman–Crippen MR) is 69.5 cm³/mol. The van der Waals surface area contributed by atoms with Crippen molar-refractivity contribution in [1.82, 2.24) is 4.90 Å². The molecule has 1 aliphatic rings. The van der Waals surface area contributed by atoms with E-state index >= 15 is 0 Å². The van der Waals surface area contributed by atoms with E-state index < -0.39 is 0 Å². The maximum Gasteiger partial charge on any atom is 0.255 e. The summed E-state index contributed by atoms with van der Waals surface area (Å²) in [5, 5.41) is 0. The summed E-state index contributed by atoms with van der Waals surface area (Å²) in [6.07, 6.45) is 3.12. The van der Waals surface area contributed by atoms with Gasteiger partial charge >= 0.3 is 0 Å². The summed E-state index contributed by atoms with van der Waals surface area (Å²) in [6.45, 7) is 1.50. The molecule has 0 aliphatic carbocycles. The molecule has 0 spiro atoms. The Kier molecular flexibility index (Phi) is 4.07. The number of hydrogen-bond donors (Lipinski definition) is 0. The quantitative estimate of drug-likeness (QED) is 0.772. The van der Waals surface area contributed by atoms with Crippen LogP contribution in [0.2, 0.25) is 0 Å². The highest BCUT2D eigenvalue weighted by atomic mass is 32.2. The van der Waals surface area contributed by atoms with Crippen molar-refractivity contribution < 1.29 is 9.53 Å². The molecule has 1 atom stereocenters. The summed E-state index contributed by atoms with van der Waals surface area (Å²) < 4.78 is 5.28. The van der Waals surface area contributed by atoms with E-state index in [1.165, 1.54) is 0 Å². The molecule has 1 aromatic rings. The molecule has 17 heavy (non-hydrogen) atoms. The standard InChI is InChI=1S/C13H17NO2S/c1-16-10-7-8-14(9-10)13(15)11-5-3-4-6-12(11)17-2/h3-6,10H,7-9H2,1-2H3/t10-/m0/s1. The number of rotatable bonds is 3. The third-order valence-corrected chi connectivity index (χ3v) is 3.90. The van der Waals surface area contributed by atoms with Crippen LogP contribution in [0.4, 0.5) is 0 Å². The number of carbonyl (C=O) groups excluding carboxylic acids is 1. The highest BCUT2D eigenvalue weighted by Gasteiger charge is 2.27. The van der Waals surface area contributed by atoms with Crippen LogP contribution in [0, 0.1) is 0 Å². The number of carbonyl (C=O) groups is 1. The number of benzene rings is 1. The third kappa shape index (κ3) is 2.64. The SMILES string of the molecule is CO[C@H]1CCN(C(=O)c2ccccc2SC)C1. The molecule has 0 N–H and O–H groups in total. The van der Waals surface area contributed by atoms with Gasteiger partial charge in [0.25, 0.3) is 5.91 Å². The van der Waals surface area contributed by atoms with Gasteiger partial charge in [-0.3, -0.25) is 4.79 Å². The van der Waals surface area contributed by atoms with E-state index in [0.717, 1.165) is 23.4 Å². The molecule has 1 aliphatic heterocycles. The Hall–Kier alpha value is -1.00. The minimum absolute atomic E-state index is 0.120. The minimum atomic E-state index is 0.120. The number of nitrogens with zero attached hydrogens (tertiary/aromatic N) is 1. The molecule has 0 aromatic heterocycles. The van der Waals surface area contributed by atoms with Crippen molar-refractivity contribution >= 4 is 17.7 Å². The van der Waals surface area contributed by atoms with Crippen molar-refractivity contribution in [3.8, 4) is 0 Å². The van der Waals surface area contributed by atoms with Gasteiger partial charge in [0, 0.05) is 25.1 Å². The lowest BCUT2D eigenvalue weighted by molar-refractivity contribution is 0.0721. The lowest BCUT2D eigenvalue weighted by atomic mass is 10.2. The van der Waals surface area contributed by atoms with Gasteiger partial charge in [-0.05, 0) is 24.8 Å². The van der Waals surface area contributed by atoms with E-state index in [1.807, 2.05) is 35.4 Å². The summed E-state index contributed by atoms with van der Waals surface area (Å²) in [4.78, 5) is 15.3. The lowest BCUT2D eigenvalue weighted by Crippen LogP contribution is -2.30. The first-order valence-electron chi connectivity index (χ1n) is 5.71. The van der Waals surface area contributed by atoms with Crippen LogP contribution < -0.4 is 0 Å². The number of hydrogen-bond acceptors (Lipinski definition) is 3. The molecular weight excluding hydrogens is 234 g/mol. The van der Waals surface area contributed by atoms with Crippen LogP contribution in [0.1, 0.15) is 16.8 Å². The topological polar surface area (TPSA) is 29.5 Å². The van der Waals surface area contributed by atoms with Gasteiger partial charge in [0.05, 0.1) is 11.7 Å². The van der Waals surface area contributed by atoms with Crippen LogP contribution in [0.5, 0.6) is 0 Å². The first-order valence-corrected chi connectivity index (χ1v) is 6.94. The van der Waals surface area contributed by atoms with E-state index in [0.29, 0.717) is 6.54 Å². The fourth-order valence-corrected chi connectivity index (χ4v) is 2.69. The number of methoxy groups -OCH3 is 1.